The molecule has 0 bridgehead atoms. The number of ether oxygens (including phenoxy) is 1. The van der Waals surface area contributed by atoms with Gasteiger partial charge in [0.05, 0.1) is 12.5 Å². The molecule has 0 atom stereocenters. The highest BCUT2D eigenvalue weighted by Crippen LogP contribution is 2.31. The maximum atomic E-state index is 12.8. The van der Waals surface area contributed by atoms with Crippen LogP contribution >= 0.6 is 15.9 Å². The summed E-state index contributed by atoms with van der Waals surface area (Å²) < 4.78 is 39.2. The minimum atomic E-state index is -3.88. The first kappa shape index (κ1) is 16.8. The van der Waals surface area contributed by atoms with Gasteiger partial charge in [0.1, 0.15) is 10.6 Å². The van der Waals surface area contributed by atoms with Crippen molar-refractivity contribution in [3.05, 3.63) is 46.4 Å². The van der Waals surface area contributed by atoms with Gasteiger partial charge in [0.2, 0.25) is 0 Å². The van der Waals surface area contributed by atoms with Gasteiger partial charge in [0, 0.05) is 4.47 Å². The Kier molecular flexibility index (Phi) is 4.51. The lowest BCUT2D eigenvalue weighted by Gasteiger charge is -2.11. The van der Waals surface area contributed by atoms with Crippen LogP contribution in [0.2, 0.25) is 0 Å². The Labute approximate surface area is 148 Å². The van der Waals surface area contributed by atoms with Crippen LogP contribution in [0.15, 0.2) is 50.3 Å². The van der Waals surface area contributed by atoms with Crippen LogP contribution in [-0.4, -0.2) is 20.7 Å². The van der Waals surface area contributed by atoms with Crippen molar-refractivity contribution in [1.82, 2.24) is 5.16 Å². The summed E-state index contributed by atoms with van der Waals surface area (Å²) in [5, 5.41) is 4.39. The number of anilines is 1. The fourth-order valence-corrected chi connectivity index (χ4v) is 3.91. The summed E-state index contributed by atoms with van der Waals surface area (Å²) in [5.41, 5.74) is 1.38. The number of aryl methyl sites for hydroxylation is 1. The van der Waals surface area contributed by atoms with Crippen molar-refractivity contribution >= 4 is 42.7 Å². The number of hydrogen-bond acceptors (Lipinski definition) is 5. The Bertz CT molecular complexity index is 998. The van der Waals surface area contributed by atoms with Crippen molar-refractivity contribution in [2.24, 2.45) is 0 Å². The smallest absolute Gasteiger partial charge is 0.266 e. The van der Waals surface area contributed by atoms with E-state index in [4.69, 9.17) is 9.26 Å². The molecule has 0 fully saturated rings. The largest absolute Gasteiger partial charge is 0.495 e. The molecule has 0 aliphatic rings. The van der Waals surface area contributed by atoms with Crippen LogP contribution in [0.3, 0.4) is 0 Å². The zero-order chi connectivity index (χ0) is 17.3. The van der Waals surface area contributed by atoms with Gasteiger partial charge in [-0.1, -0.05) is 34.1 Å². The molecule has 0 amide bonds. The molecular formula is C16H15BrN2O4S. The second-order valence-electron chi connectivity index (χ2n) is 5.12. The molecule has 0 radical (unpaired) electrons. The van der Waals surface area contributed by atoms with E-state index in [-0.39, 0.29) is 16.5 Å². The van der Waals surface area contributed by atoms with Gasteiger partial charge in [0.15, 0.2) is 11.4 Å². The minimum absolute atomic E-state index is 0.0653. The Morgan fingerprint density at radius 3 is 2.75 bits per heavy atom. The van der Waals surface area contributed by atoms with E-state index in [0.717, 1.165) is 10.0 Å². The van der Waals surface area contributed by atoms with Gasteiger partial charge in [-0.3, -0.25) is 4.72 Å². The van der Waals surface area contributed by atoms with E-state index in [0.29, 0.717) is 17.4 Å². The Morgan fingerprint density at radius 1 is 1.25 bits per heavy atom. The van der Waals surface area contributed by atoms with Crippen molar-refractivity contribution in [3.8, 4) is 5.75 Å². The predicted molar refractivity (Wildman–Crippen MR) is 94.9 cm³/mol. The van der Waals surface area contributed by atoms with Gasteiger partial charge in [-0.15, -0.1) is 0 Å². The van der Waals surface area contributed by atoms with E-state index >= 15 is 0 Å². The zero-order valence-electron chi connectivity index (χ0n) is 13.0. The summed E-state index contributed by atoms with van der Waals surface area (Å²) >= 11 is 3.35. The average Bonchev–Trinajstić information content (AvgIpc) is 2.95. The van der Waals surface area contributed by atoms with Crippen LogP contribution in [0.1, 0.15) is 12.5 Å². The highest BCUT2D eigenvalue weighted by Gasteiger charge is 2.23. The molecule has 6 nitrogen and oxygen atoms in total. The van der Waals surface area contributed by atoms with Crippen molar-refractivity contribution < 1.29 is 17.7 Å². The Morgan fingerprint density at radius 2 is 2.04 bits per heavy atom. The predicted octanol–water partition coefficient (Wildman–Crippen LogP) is 3.96. The summed E-state index contributed by atoms with van der Waals surface area (Å²) in [6.07, 6.45) is 0.715. The molecule has 3 rings (SSSR count). The van der Waals surface area contributed by atoms with Crippen LogP contribution in [-0.2, 0) is 16.4 Å². The van der Waals surface area contributed by atoms with Crippen molar-refractivity contribution in [3.63, 3.8) is 0 Å². The molecule has 2 aromatic carbocycles. The number of halogens is 1. The van der Waals surface area contributed by atoms with E-state index in [1.165, 1.54) is 7.11 Å². The fraction of sp³-hybridized carbons (Fsp3) is 0.188. The second kappa shape index (κ2) is 6.45. The molecule has 0 saturated heterocycles. The third-order valence-corrected chi connectivity index (χ3v) is 5.44. The van der Waals surface area contributed by atoms with Gasteiger partial charge < -0.3 is 9.26 Å². The van der Waals surface area contributed by atoms with E-state index < -0.39 is 10.0 Å². The van der Waals surface area contributed by atoms with Crippen LogP contribution < -0.4 is 9.46 Å². The van der Waals surface area contributed by atoms with Gasteiger partial charge >= 0.3 is 0 Å². The van der Waals surface area contributed by atoms with Crippen LogP contribution in [0.25, 0.3) is 11.0 Å². The molecule has 1 aromatic heterocycles. The second-order valence-corrected chi connectivity index (χ2v) is 7.68. The van der Waals surface area contributed by atoms with Gasteiger partial charge in [-0.2, -0.15) is 0 Å². The topological polar surface area (TPSA) is 81.4 Å². The molecule has 0 spiro atoms. The number of rotatable bonds is 5. The fourth-order valence-electron chi connectivity index (χ4n) is 2.32. The number of benzene rings is 2. The van der Waals surface area contributed by atoms with Gasteiger partial charge in [-0.25, -0.2) is 8.42 Å². The minimum Gasteiger partial charge on any atom is -0.495 e. The number of hydrogen-bond donors (Lipinski definition) is 1. The summed E-state index contributed by atoms with van der Waals surface area (Å²) in [5.74, 6) is 0.406. The molecule has 3 aromatic rings. The number of sulfonamides is 1. The molecule has 0 unspecified atom stereocenters. The first-order chi connectivity index (χ1) is 11.4. The monoisotopic (exact) mass is 410 g/mol. The number of nitrogens with zero attached hydrogens (tertiary/aromatic N) is 1. The Balaban J connectivity index is 2.06. The Hall–Kier alpha value is -2.06. The molecule has 24 heavy (non-hydrogen) atoms. The normalized spacial score (nSPS) is 11.6. The third-order valence-electron chi connectivity index (χ3n) is 3.59. The number of methoxy groups -OCH3 is 1. The lowest BCUT2D eigenvalue weighted by molar-refractivity contribution is 0.402. The van der Waals surface area contributed by atoms with E-state index in [9.17, 15) is 8.42 Å². The quantitative estimate of drug-likeness (QED) is 0.687. The number of fused-ring (bicyclic) bond motifs is 1. The first-order valence-electron chi connectivity index (χ1n) is 7.19. The van der Waals surface area contributed by atoms with Crippen molar-refractivity contribution in [2.45, 2.75) is 18.2 Å². The van der Waals surface area contributed by atoms with Crippen molar-refractivity contribution in [1.29, 1.82) is 0 Å². The lowest BCUT2D eigenvalue weighted by atomic mass is 10.2. The summed E-state index contributed by atoms with van der Waals surface area (Å²) in [6.45, 7) is 1.95. The molecular weight excluding hydrogens is 396 g/mol. The molecule has 126 valence electrons. The number of aromatic nitrogens is 1. The first-order valence-corrected chi connectivity index (χ1v) is 9.47. The van der Waals surface area contributed by atoms with Crippen LogP contribution in [0, 0.1) is 0 Å². The summed E-state index contributed by atoms with van der Waals surface area (Å²) in [7, 11) is -2.44. The lowest BCUT2D eigenvalue weighted by Crippen LogP contribution is -2.15. The highest BCUT2D eigenvalue weighted by molar-refractivity contribution is 9.10. The summed E-state index contributed by atoms with van der Waals surface area (Å²) in [4.78, 5) is 0.0653. The van der Waals surface area contributed by atoms with E-state index in [1.807, 2.05) is 13.0 Å². The molecule has 0 aliphatic carbocycles. The number of nitrogens with one attached hydrogen (secondary N) is 1. The third kappa shape index (κ3) is 3.11. The molecule has 0 aliphatic heterocycles. The average molecular weight is 411 g/mol. The van der Waals surface area contributed by atoms with Crippen molar-refractivity contribution in [2.75, 3.05) is 11.8 Å². The standard InChI is InChI=1S/C16H15BrN2O4S/c1-3-10-4-6-14(22-2)15(8-10)24(20,21)19-16-12-9-11(17)5-7-13(12)23-18-16/h4-9H,3H2,1-2H3,(H,18,19). The SMILES string of the molecule is CCc1ccc(OC)c(S(=O)(=O)Nc2noc3ccc(Br)cc23)c1. The molecule has 1 N–H and O–H groups in total. The zero-order valence-corrected chi connectivity index (χ0v) is 15.4. The molecule has 1 heterocycles. The molecule has 8 heteroatoms. The maximum absolute atomic E-state index is 12.8. The van der Waals surface area contributed by atoms with Crippen LogP contribution in [0.4, 0.5) is 5.82 Å². The van der Waals surface area contributed by atoms with Crippen LogP contribution in [0.5, 0.6) is 5.75 Å². The maximum Gasteiger partial charge on any atom is 0.266 e. The molecule has 0 saturated carbocycles. The van der Waals surface area contributed by atoms with E-state index in [2.05, 4.69) is 25.8 Å². The summed E-state index contributed by atoms with van der Waals surface area (Å²) in [6, 6.07) is 10.3. The highest BCUT2D eigenvalue weighted by atomic mass is 79.9. The van der Waals surface area contributed by atoms with E-state index in [1.54, 1.807) is 30.3 Å². The van der Waals surface area contributed by atoms with Gasteiger partial charge in [0.25, 0.3) is 10.0 Å². The van der Waals surface area contributed by atoms with Gasteiger partial charge in [-0.05, 0) is 42.3 Å².